The molecule has 0 unspecified atom stereocenters. The van der Waals surface area contributed by atoms with Crippen LogP contribution in [-0.2, 0) is 11.4 Å². The normalized spacial score (nSPS) is 10.8. The first-order valence-corrected chi connectivity index (χ1v) is 9.89. The van der Waals surface area contributed by atoms with Crippen molar-refractivity contribution in [3.05, 3.63) is 104 Å². The van der Waals surface area contributed by atoms with Crippen molar-refractivity contribution in [2.24, 2.45) is 0 Å². The quantitative estimate of drug-likeness (QED) is 0.217. The van der Waals surface area contributed by atoms with Gasteiger partial charge in [0.1, 0.15) is 24.0 Å². The number of carbonyl (C=O) groups excluding carboxylic acids is 1. The van der Waals surface area contributed by atoms with Crippen molar-refractivity contribution in [1.29, 1.82) is 5.26 Å². The first-order valence-electron chi connectivity index (χ1n) is 9.51. The van der Waals surface area contributed by atoms with Crippen LogP contribution in [-0.4, -0.2) is 10.8 Å². The predicted octanol–water partition coefficient (Wildman–Crippen LogP) is 5.68. The van der Waals surface area contributed by atoms with Crippen LogP contribution in [0.5, 0.6) is 5.75 Å². The molecule has 8 heteroatoms. The average Bonchev–Trinajstić information content (AvgIpc) is 2.77. The maximum Gasteiger partial charge on any atom is 0.269 e. The molecule has 1 N–H and O–H groups in total. The minimum atomic E-state index is -0.556. The second kappa shape index (κ2) is 10.2. The van der Waals surface area contributed by atoms with Crippen LogP contribution in [0.1, 0.15) is 16.7 Å². The molecular formula is C24H18ClN3O4. The number of amides is 1. The Balaban J connectivity index is 1.80. The fraction of sp³-hybridized carbons (Fsp3) is 0.0833. The molecule has 3 rings (SSSR count). The van der Waals surface area contributed by atoms with Gasteiger partial charge in [-0.05, 0) is 66.6 Å². The highest BCUT2D eigenvalue weighted by molar-refractivity contribution is 6.30. The van der Waals surface area contributed by atoms with Gasteiger partial charge in [-0.1, -0.05) is 23.7 Å². The van der Waals surface area contributed by atoms with Crippen molar-refractivity contribution >= 4 is 35.0 Å². The molecule has 160 valence electrons. The van der Waals surface area contributed by atoms with Gasteiger partial charge in [0, 0.05) is 28.4 Å². The monoisotopic (exact) mass is 447 g/mol. The summed E-state index contributed by atoms with van der Waals surface area (Å²) in [5, 5.41) is 23.4. The third-order valence-corrected chi connectivity index (χ3v) is 4.69. The average molecular weight is 448 g/mol. The Kier molecular flexibility index (Phi) is 7.21. The second-order valence-electron chi connectivity index (χ2n) is 6.89. The summed E-state index contributed by atoms with van der Waals surface area (Å²) in [6.45, 7) is 2.04. The van der Waals surface area contributed by atoms with Gasteiger partial charge in [0.15, 0.2) is 0 Å². The molecule has 0 aliphatic rings. The van der Waals surface area contributed by atoms with E-state index in [1.165, 1.54) is 18.2 Å². The SMILES string of the molecule is Cc1cccc(NC(=O)/C(C#N)=C/c2cc(Cl)ccc2OCc2ccc([N+](=O)[O-])cc2)c1. The van der Waals surface area contributed by atoms with E-state index >= 15 is 0 Å². The molecule has 0 aliphatic heterocycles. The molecular weight excluding hydrogens is 430 g/mol. The van der Waals surface area contributed by atoms with Gasteiger partial charge in [-0.25, -0.2) is 0 Å². The summed E-state index contributed by atoms with van der Waals surface area (Å²) in [6.07, 6.45) is 1.40. The predicted molar refractivity (Wildman–Crippen MR) is 122 cm³/mol. The van der Waals surface area contributed by atoms with Gasteiger partial charge in [0.25, 0.3) is 11.6 Å². The summed E-state index contributed by atoms with van der Waals surface area (Å²) in [4.78, 5) is 22.9. The van der Waals surface area contributed by atoms with Crippen LogP contribution < -0.4 is 10.1 Å². The van der Waals surface area contributed by atoms with E-state index in [9.17, 15) is 20.2 Å². The van der Waals surface area contributed by atoms with E-state index in [0.29, 0.717) is 22.0 Å². The molecule has 1 amide bonds. The van der Waals surface area contributed by atoms with E-state index in [4.69, 9.17) is 16.3 Å². The highest BCUT2D eigenvalue weighted by Crippen LogP contribution is 2.27. The Morgan fingerprint density at radius 1 is 1.19 bits per heavy atom. The van der Waals surface area contributed by atoms with Crippen molar-refractivity contribution in [3.8, 4) is 11.8 Å². The maximum atomic E-state index is 12.6. The molecule has 0 saturated carbocycles. The second-order valence-corrected chi connectivity index (χ2v) is 7.32. The topological polar surface area (TPSA) is 105 Å². The molecule has 32 heavy (non-hydrogen) atoms. The van der Waals surface area contributed by atoms with Crippen LogP contribution >= 0.6 is 11.6 Å². The van der Waals surface area contributed by atoms with Crippen LogP contribution in [0.4, 0.5) is 11.4 Å². The Morgan fingerprint density at radius 2 is 1.94 bits per heavy atom. The molecule has 0 fully saturated rings. The fourth-order valence-electron chi connectivity index (χ4n) is 2.86. The van der Waals surface area contributed by atoms with E-state index in [1.807, 2.05) is 25.1 Å². The number of carbonyl (C=O) groups is 1. The third-order valence-electron chi connectivity index (χ3n) is 4.45. The zero-order valence-corrected chi connectivity index (χ0v) is 17.8. The number of aryl methyl sites for hydroxylation is 1. The molecule has 3 aromatic carbocycles. The van der Waals surface area contributed by atoms with Crippen molar-refractivity contribution in [3.63, 3.8) is 0 Å². The molecule has 7 nitrogen and oxygen atoms in total. The number of nitrogens with one attached hydrogen (secondary N) is 1. The lowest BCUT2D eigenvalue weighted by molar-refractivity contribution is -0.384. The van der Waals surface area contributed by atoms with Crippen LogP contribution in [0.2, 0.25) is 5.02 Å². The standard InChI is InChI=1S/C24H18ClN3O4/c1-16-3-2-4-21(11-16)27-24(29)19(14-26)12-18-13-20(25)7-10-23(18)32-15-17-5-8-22(9-6-17)28(30)31/h2-13H,15H2,1H3,(H,27,29)/b19-12+. The summed E-state index contributed by atoms with van der Waals surface area (Å²) >= 11 is 6.10. The largest absolute Gasteiger partial charge is 0.488 e. The van der Waals surface area contributed by atoms with Gasteiger partial charge in [-0.15, -0.1) is 0 Å². The molecule has 0 aliphatic carbocycles. The number of hydrogen-bond donors (Lipinski definition) is 1. The van der Waals surface area contributed by atoms with Crippen molar-refractivity contribution in [2.45, 2.75) is 13.5 Å². The van der Waals surface area contributed by atoms with E-state index < -0.39 is 10.8 Å². The lowest BCUT2D eigenvalue weighted by Gasteiger charge is -2.11. The zero-order chi connectivity index (χ0) is 23.1. The summed E-state index contributed by atoms with van der Waals surface area (Å²) in [6, 6.07) is 20.0. The zero-order valence-electron chi connectivity index (χ0n) is 17.0. The Labute approximate surface area is 189 Å². The molecule has 0 aromatic heterocycles. The maximum absolute atomic E-state index is 12.6. The number of nitrogens with zero attached hydrogens (tertiary/aromatic N) is 2. The number of non-ortho nitro benzene ring substituents is 1. The molecule has 0 saturated heterocycles. The molecule has 0 spiro atoms. The van der Waals surface area contributed by atoms with E-state index in [1.54, 1.807) is 42.5 Å². The van der Waals surface area contributed by atoms with Crippen LogP contribution in [0.25, 0.3) is 6.08 Å². The van der Waals surface area contributed by atoms with Gasteiger partial charge in [-0.3, -0.25) is 14.9 Å². The molecule has 0 heterocycles. The lowest BCUT2D eigenvalue weighted by Crippen LogP contribution is -2.13. The summed E-state index contributed by atoms with van der Waals surface area (Å²) in [5.74, 6) is -0.150. The number of halogens is 1. The van der Waals surface area contributed by atoms with Gasteiger partial charge < -0.3 is 10.1 Å². The van der Waals surface area contributed by atoms with E-state index in [2.05, 4.69) is 5.32 Å². The number of nitro benzene ring substituents is 1. The number of hydrogen-bond acceptors (Lipinski definition) is 5. The first kappa shape index (κ1) is 22.5. The van der Waals surface area contributed by atoms with Crippen LogP contribution in [0.3, 0.4) is 0 Å². The minimum Gasteiger partial charge on any atom is -0.488 e. The van der Waals surface area contributed by atoms with E-state index in [0.717, 1.165) is 11.1 Å². The Morgan fingerprint density at radius 3 is 2.59 bits per heavy atom. The number of nitro groups is 1. The number of rotatable bonds is 7. The van der Waals surface area contributed by atoms with E-state index in [-0.39, 0.29) is 17.9 Å². The van der Waals surface area contributed by atoms with Gasteiger partial charge in [0.05, 0.1) is 4.92 Å². The number of anilines is 1. The fourth-order valence-corrected chi connectivity index (χ4v) is 3.04. The highest BCUT2D eigenvalue weighted by atomic mass is 35.5. The van der Waals surface area contributed by atoms with Gasteiger partial charge in [-0.2, -0.15) is 5.26 Å². The highest BCUT2D eigenvalue weighted by Gasteiger charge is 2.13. The lowest BCUT2D eigenvalue weighted by atomic mass is 10.1. The summed E-state index contributed by atoms with van der Waals surface area (Å²) < 4.78 is 5.82. The minimum absolute atomic E-state index is 0.0119. The summed E-state index contributed by atoms with van der Waals surface area (Å²) in [7, 11) is 0. The first-order chi connectivity index (χ1) is 15.4. The number of nitriles is 1. The molecule has 0 radical (unpaired) electrons. The number of benzene rings is 3. The Hall–Kier alpha value is -4.15. The smallest absolute Gasteiger partial charge is 0.269 e. The van der Waals surface area contributed by atoms with Crippen molar-refractivity contribution < 1.29 is 14.5 Å². The summed E-state index contributed by atoms with van der Waals surface area (Å²) in [5.41, 5.74) is 2.60. The third kappa shape index (κ3) is 5.94. The Bertz CT molecular complexity index is 1230. The van der Waals surface area contributed by atoms with Crippen LogP contribution in [0, 0.1) is 28.4 Å². The molecule has 3 aromatic rings. The van der Waals surface area contributed by atoms with Gasteiger partial charge in [0.2, 0.25) is 0 Å². The van der Waals surface area contributed by atoms with Gasteiger partial charge >= 0.3 is 0 Å². The van der Waals surface area contributed by atoms with Crippen molar-refractivity contribution in [2.75, 3.05) is 5.32 Å². The molecule has 0 atom stereocenters. The number of ether oxygens (including phenoxy) is 1. The molecule has 0 bridgehead atoms. The van der Waals surface area contributed by atoms with Crippen LogP contribution in [0.15, 0.2) is 72.3 Å². The van der Waals surface area contributed by atoms with Crippen molar-refractivity contribution in [1.82, 2.24) is 0 Å².